The first-order valence-corrected chi connectivity index (χ1v) is 10.7. The smallest absolute Gasteiger partial charge is 0.339 e. The minimum atomic E-state index is -0.455. The minimum Gasteiger partial charge on any atom is -0.465 e. The van der Waals surface area contributed by atoms with Crippen LogP contribution in [0.25, 0.3) is 0 Å². The maximum Gasteiger partial charge on any atom is 0.339 e. The lowest BCUT2D eigenvalue weighted by atomic mass is 10.0. The summed E-state index contributed by atoms with van der Waals surface area (Å²) in [5.74, 6) is -0.500. The standard InChI is InChI=1S/C23H28ClN3O4/c1-14-20(23(30)31-4)15(2)25-21(14)22(29)16(3)26-9-11-27(12-10-26)19(28)13-17-7-5-6-8-18(17)24/h5-8,16,25H,9-13H2,1-4H3. The Labute approximate surface area is 187 Å². The Hall–Kier alpha value is -2.64. The van der Waals surface area contributed by atoms with Crippen LogP contribution in [0.1, 0.15) is 44.6 Å². The van der Waals surface area contributed by atoms with Gasteiger partial charge in [0.1, 0.15) is 0 Å². The number of methoxy groups -OCH3 is 1. The van der Waals surface area contributed by atoms with E-state index in [2.05, 4.69) is 9.88 Å². The Morgan fingerprint density at radius 2 is 1.77 bits per heavy atom. The van der Waals surface area contributed by atoms with Crippen molar-refractivity contribution in [2.24, 2.45) is 0 Å². The number of ketones is 1. The first-order chi connectivity index (χ1) is 14.7. The number of halogens is 1. The second kappa shape index (κ2) is 9.66. The van der Waals surface area contributed by atoms with Gasteiger partial charge in [-0.25, -0.2) is 4.79 Å². The highest BCUT2D eigenvalue weighted by molar-refractivity contribution is 6.31. The molecule has 0 spiro atoms. The molecule has 1 aliphatic rings. The average Bonchev–Trinajstić information content (AvgIpc) is 3.07. The summed E-state index contributed by atoms with van der Waals surface area (Å²) in [7, 11) is 1.32. The van der Waals surface area contributed by atoms with Crippen molar-refractivity contribution in [3.63, 3.8) is 0 Å². The van der Waals surface area contributed by atoms with Gasteiger partial charge in [0.05, 0.1) is 30.8 Å². The van der Waals surface area contributed by atoms with Crippen LogP contribution in [0, 0.1) is 13.8 Å². The number of nitrogens with zero attached hydrogens (tertiary/aromatic N) is 2. The van der Waals surface area contributed by atoms with E-state index in [4.69, 9.17) is 16.3 Å². The number of rotatable bonds is 6. The first-order valence-electron chi connectivity index (χ1n) is 10.3. The number of piperazine rings is 1. The predicted molar refractivity (Wildman–Crippen MR) is 119 cm³/mol. The second-order valence-electron chi connectivity index (χ2n) is 7.84. The van der Waals surface area contributed by atoms with E-state index in [1.807, 2.05) is 30.0 Å². The number of carbonyl (C=O) groups is 3. The predicted octanol–water partition coefficient (Wildman–Crippen LogP) is 3.03. The van der Waals surface area contributed by atoms with Crippen LogP contribution in [0.2, 0.25) is 5.02 Å². The molecule has 31 heavy (non-hydrogen) atoms. The van der Waals surface area contributed by atoms with Gasteiger partial charge in [-0.3, -0.25) is 14.5 Å². The number of amides is 1. The third-order valence-electron chi connectivity index (χ3n) is 5.97. The average molecular weight is 446 g/mol. The van der Waals surface area contributed by atoms with Crippen molar-refractivity contribution in [3.05, 3.63) is 57.4 Å². The van der Waals surface area contributed by atoms with Crippen molar-refractivity contribution in [2.45, 2.75) is 33.2 Å². The molecule has 0 radical (unpaired) electrons. The lowest BCUT2D eigenvalue weighted by Gasteiger charge is -2.37. The van der Waals surface area contributed by atoms with Crippen molar-refractivity contribution in [1.82, 2.24) is 14.8 Å². The molecule has 7 nitrogen and oxygen atoms in total. The third-order valence-corrected chi connectivity index (χ3v) is 6.34. The van der Waals surface area contributed by atoms with Crippen molar-refractivity contribution in [2.75, 3.05) is 33.3 Å². The number of hydrogen-bond donors (Lipinski definition) is 1. The maximum absolute atomic E-state index is 13.1. The molecule has 1 aromatic carbocycles. The van der Waals surface area contributed by atoms with E-state index >= 15 is 0 Å². The Morgan fingerprint density at radius 1 is 1.13 bits per heavy atom. The number of aromatic amines is 1. The number of nitrogens with one attached hydrogen (secondary N) is 1. The van der Waals surface area contributed by atoms with E-state index < -0.39 is 5.97 Å². The number of aromatic nitrogens is 1. The Balaban J connectivity index is 1.62. The number of benzene rings is 1. The van der Waals surface area contributed by atoms with E-state index in [0.717, 1.165) is 5.56 Å². The minimum absolute atomic E-state index is 0.0327. The Bertz CT molecular complexity index is 993. The molecule has 3 rings (SSSR count). The molecule has 1 aliphatic heterocycles. The normalized spacial score (nSPS) is 15.6. The molecule has 1 unspecified atom stereocenters. The van der Waals surface area contributed by atoms with Crippen molar-refractivity contribution in [1.29, 1.82) is 0 Å². The first kappa shape index (κ1) is 23.0. The third kappa shape index (κ3) is 4.83. The number of H-pyrrole nitrogens is 1. The van der Waals surface area contributed by atoms with Crippen LogP contribution in [0.3, 0.4) is 0 Å². The van der Waals surface area contributed by atoms with Crippen LogP contribution in [0.4, 0.5) is 0 Å². The summed E-state index contributed by atoms with van der Waals surface area (Å²) in [6, 6.07) is 6.99. The fourth-order valence-corrected chi connectivity index (χ4v) is 4.26. The summed E-state index contributed by atoms with van der Waals surface area (Å²) in [6.45, 7) is 7.67. The van der Waals surface area contributed by atoms with E-state index in [0.29, 0.717) is 53.7 Å². The molecule has 1 N–H and O–H groups in total. The van der Waals surface area contributed by atoms with Gasteiger partial charge in [0.25, 0.3) is 0 Å². The SMILES string of the molecule is COC(=O)c1c(C)[nH]c(C(=O)C(C)N2CCN(C(=O)Cc3ccccc3Cl)CC2)c1C. The molecular weight excluding hydrogens is 418 g/mol. The zero-order valence-electron chi connectivity index (χ0n) is 18.3. The highest BCUT2D eigenvalue weighted by Crippen LogP contribution is 2.22. The Kier molecular flexibility index (Phi) is 7.18. The van der Waals surface area contributed by atoms with E-state index in [1.54, 1.807) is 19.9 Å². The van der Waals surface area contributed by atoms with Crippen molar-refractivity contribution < 1.29 is 19.1 Å². The molecule has 0 aliphatic carbocycles. The van der Waals surface area contributed by atoms with Crippen LogP contribution in [-0.4, -0.2) is 71.8 Å². The molecule has 1 saturated heterocycles. The van der Waals surface area contributed by atoms with E-state index in [-0.39, 0.29) is 24.2 Å². The molecule has 1 aromatic heterocycles. The molecule has 1 fully saturated rings. The van der Waals surface area contributed by atoms with Gasteiger partial charge in [-0.2, -0.15) is 0 Å². The van der Waals surface area contributed by atoms with Crippen LogP contribution < -0.4 is 0 Å². The van der Waals surface area contributed by atoms with Crippen LogP contribution >= 0.6 is 11.6 Å². The molecule has 2 heterocycles. The van der Waals surface area contributed by atoms with Crippen LogP contribution in [0.15, 0.2) is 24.3 Å². The fraction of sp³-hybridized carbons (Fsp3) is 0.435. The molecule has 166 valence electrons. The van der Waals surface area contributed by atoms with E-state index in [9.17, 15) is 14.4 Å². The van der Waals surface area contributed by atoms with Gasteiger partial charge < -0.3 is 14.6 Å². The molecule has 0 bridgehead atoms. The quantitative estimate of drug-likeness (QED) is 0.546. The topological polar surface area (TPSA) is 82.7 Å². The lowest BCUT2D eigenvalue weighted by molar-refractivity contribution is -0.132. The van der Waals surface area contributed by atoms with Crippen molar-refractivity contribution in [3.8, 4) is 0 Å². The summed E-state index contributed by atoms with van der Waals surface area (Å²) in [5.41, 5.74) is 2.89. The summed E-state index contributed by atoms with van der Waals surface area (Å²) in [5, 5.41) is 0.594. The Morgan fingerprint density at radius 3 is 2.39 bits per heavy atom. The summed E-state index contributed by atoms with van der Waals surface area (Å²) >= 11 is 6.17. The molecule has 1 amide bonds. The molecule has 1 atom stereocenters. The number of ether oxygens (including phenoxy) is 1. The van der Waals surface area contributed by atoms with Gasteiger partial charge in [0.2, 0.25) is 5.91 Å². The van der Waals surface area contributed by atoms with Gasteiger partial charge in [-0.15, -0.1) is 0 Å². The fourth-order valence-electron chi connectivity index (χ4n) is 4.05. The zero-order valence-corrected chi connectivity index (χ0v) is 19.1. The highest BCUT2D eigenvalue weighted by Gasteiger charge is 2.31. The van der Waals surface area contributed by atoms with Crippen molar-refractivity contribution >= 4 is 29.3 Å². The van der Waals surface area contributed by atoms with Gasteiger partial charge in [-0.1, -0.05) is 29.8 Å². The summed E-state index contributed by atoms with van der Waals surface area (Å²) < 4.78 is 4.83. The van der Waals surface area contributed by atoms with Crippen LogP contribution in [-0.2, 0) is 16.0 Å². The number of esters is 1. The highest BCUT2D eigenvalue weighted by atomic mass is 35.5. The lowest BCUT2D eigenvalue weighted by Crippen LogP contribution is -2.53. The molecule has 8 heteroatoms. The largest absolute Gasteiger partial charge is 0.465 e. The van der Waals surface area contributed by atoms with Gasteiger partial charge >= 0.3 is 5.97 Å². The van der Waals surface area contributed by atoms with E-state index in [1.165, 1.54) is 7.11 Å². The monoisotopic (exact) mass is 445 g/mol. The maximum atomic E-state index is 13.1. The molecule has 2 aromatic rings. The second-order valence-corrected chi connectivity index (χ2v) is 8.25. The number of carbonyl (C=O) groups excluding carboxylic acids is 3. The zero-order chi connectivity index (χ0) is 22.7. The summed E-state index contributed by atoms with van der Waals surface area (Å²) in [6.07, 6.45) is 0.269. The summed E-state index contributed by atoms with van der Waals surface area (Å²) in [4.78, 5) is 44.7. The van der Waals surface area contributed by atoms with Crippen LogP contribution in [0.5, 0.6) is 0 Å². The number of aryl methyl sites for hydroxylation is 1. The molecular formula is C23H28ClN3O4. The number of Topliss-reactive ketones (excluding diaryl/α,β-unsaturated/α-hetero) is 1. The van der Waals surface area contributed by atoms with Gasteiger partial charge in [0.15, 0.2) is 5.78 Å². The number of hydrogen-bond acceptors (Lipinski definition) is 5. The van der Waals surface area contributed by atoms with Gasteiger partial charge in [0, 0.05) is 36.9 Å². The molecule has 0 saturated carbocycles. The van der Waals surface area contributed by atoms with Gasteiger partial charge in [-0.05, 0) is 38.0 Å².